The van der Waals surface area contributed by atoms with E-state index in [1.54, 1.807) is 31.4 Å². The predicted octanol–water partition coefficient (Wildman–Crippen LogP) is 3.42. The highest BCUT2D eigenvalue weighted by Gasteiger charge is 2.50. The molecule has 3 N–H and O–H groups in total. The van der Waals surface area contributed by atoms with Crippen LogP contribution in [-0.4, -0.2) is 46.0 Å². The van der Waals surface area contributed by atoms with Crippen LogP contribution in [0, 0.1) is 5.41 Å². The van der Waals surface area contributed by atoms with Crippen LogP contribution in [0.3, 0.4) is 0 Å². The molecule has 2 unspecified atom stereocenters. The van der Waals surface area contributed by atoms with Gasteiger partial charge in [0.05, 0.1) is 18.4 Å². The van der Waals surface area contributed by atoms with E-state index in [9.17, 15) is 8.42 Å². The second-order valence-electron chi connectivity index (χ2n) is 8.17. The van der Waals surface area contributed by atoms with Gasteiger partial charge in [0.1, 0.15) is 17.3 Å². The number of rotatable bonds is 10. The lowest BCUT2D eigenvalue weighted by molar-refractivity contribution is -0.0908. The Kier molecular flexibility index (Phi) is 7.49. The number of sulfonamides is 1. The van der Waals surface area contributed by atoms with E-state index in [1.807, 2.05) is 26.0 Å². The second kappa shape index (κ2) is 9.75. The fraction of sp³-hybridized carbons (Fsp3) is 0.455. The summed E-state index contributed by atoms with van der Waals surface area (Å²) in [6, 6.07) is 11.9. The third-order valence-electron chi connectivity index (χ3n) is 5.76. The van der Waals surface area contributed by atoms with Gasteiger partial charge in [-0.3, -0.25) is 0 Å². The number of ether oxygens (including phenoxy) is 2. The maximum Gasteiger partial charge on any atom is 0.242 e. The van der Waals surface area contributed by atoms with E-state index in [0.717, 1.165) is 5.56 Å². The summed E-state index contributed by atoms with van der Waals surface area (Å²) in [4.78, 5) is 0.111. The maximum atomic E-state index is 13.2. The van der Waals surface area contributed by atoms with E-state index in [-0.39, 0.29) is 35.7 Å². The molecule has 1 fully saturated rings. The van der Waals surface area contributed by atoms with Crippen molar-refractivity contribution in [3.05, 3.63) is 53.1 Å². The van der Waals surface area contributed by atoms with Crippen molar-refractivity contribution < 1.29 is 23.0 Å². The Morgan fingerprint density at radius 1 is 1.19 bits per heavy atom. The van der Waals surface area contributed by atoms with Crippen molar-refractivity contribution >= 4 is 27.3 Å². The van der Waals surface area contributed by atoms with Gasteiger partial charge in [-0.1, -0.05) is 37.6 Å². The van der Waals surface area contributed by atoms with E-state index in [4.69, 9.17) is 26.2 Å². The van der Waals surface area contributed by atoms with Gasteiger partial charge in [-0.05, 0) is 42.3 Å². The standard InChI is InChI=1S/C22H29ClN2O5S/c1-22(2)20(13-21(22)29-3)25-31(27,28)19-12-16(23)6-9-18(19)24-14-15-4-7-17(8-5-15)30-11-10-26/h4-9,12,20-21,24-26H,10-11,13-14H2,1-3H3. The normalized spacial score (nSPS) is 20.2. The first-order valence-electron chi connectivity index (χ1n) is 10.1. The van der Waals surface area contributed by atoms with Gasteiger partial charge >= 0.3 is 0 Å². The Morgan fingerprint density at radius 2 is 1.90 bits per heavy atom. The summed E-state index contributed by atoms with van der Waals surface area (Å²) in [5.74, 6) is 0.661. The zero-order valence-electron chi connectivity index (χ0n) is 17.9. The van der Waals surface area contributed by atoms with Gasteiger partial charge in [0, 0.05) is 30.1 Å². The Morgan fingerprint density at radius 3 is 2.52 bits per heavy atom. The Labute approximate surface area is 188 Å². The highest BCUT2D eigenvalue weighted by molar-refractivity contribution is 7.89. The number of aliphatic hydroxyl groups excluding tert-OH is 1. The van der Waals surface area contributed by atoms with E-state index in [0.29, 0.717) is 29.4 Å². The van der Waals surface area contributed by atoms with Crippen molar-refractivity contribution in [2.45, 2.75) is 43.9 Å². The Bertz CT molecular complexity index is 995. The molecule has 7 nitrogen and oxygen atoms in total. The number of nitrogens with one attached hydrogen (secondary N) is 2. The minimum atomic E-state index is -3.79. The SMILES string of the molecule is COC1CC(NS(=O)(=O)c2cc(Cl)ccc2NCc2ccc(OCCO)cc2)C1(C)C. The van der Waals surface area contributed by atoms with E-state index in [1.165, 1.54) is 6.07 Å². The predicted molar refractivity (Wildman–Crippen MR) is 121 cm³/mol. The topological polar surface area (TPSA) is 96.9 Å². The second-order valence-corrected chi connectivity index (χ2v) is 10.3. The molecule has 3 rings (SSSR count). The summed E-state index contributed by atoms with van der Waals surface area (Å²) >= 11 is 6.11. The molecule has 0 saturated heterocycles. The maximum absolute atomic E-state index is 13.2. The van der Waals surface area contributed by atoms with Crippen molar-refractivity contribution in [3.63, 3.8) is 0 Å². The molecule has 170 valence electrons. The van der Waals surface area contributed by atoms with Crippen LogP contribution in [0.25, 0.3) is 0 Å². The summed E-state index contributed by atoms with van der Waals surface area (Å²) in [6.45, 7) is 4.59. The van der Waals surface area contributed by atoms with Crippen LogP contribution in [0.2, 0.25) is 5.02 Å². The Balaban J connectivity index is 1.73. The van der Waals surface area contributed by atoms with Gasteiger partial charge in [-0.2, -0.15) is 0 Å². The summed E-state index contributed by atoms with van der Waals surface area (Å²) < 4.78 is 39.9. The monoisotopic (exact) mass is 468 g/mol. The molecule has 0 radical (unpaired) electrons. The molecular weight excluding hydrogens is 440 g/mol. The fourth-order valence-corrected chi connectivity index (χ4v) is 5.52. The number of anilines is 1. The van der Waals surface area contributed by atoms with Crippen LogP contribution in [-0.2, 0) is 21.3 Å². The average molecular weight is 469 g/mol. The van der Waals surface area contributed by atoms with Crippen LogP contribution in [0.5, 0.6) is 5.75 Å². The lowest BCUT2D eigenvalue weighted by Crippen LogP contribution is -2.61. The Hall–Kier alpha value is -1.84. The van der Waals surface area contributed by atoms with Crippen molar-refractivity contribution in [1.29, 1.82) is 0 Å². The first kappa shape index (κ1) is 23.8. The fourth-order valence-electron chi connectivity index (χ4n) is 3.67. The molecule has 9 heteroatoms. The largest absolute Gasteiger partial charge is 0.491 e. The van der Waals surface area contributed by atoms with Gasteiger partial charge in [-0.25, -0.2) is 13.1 Å². The van der Waals surface area contributed by atoms with Crippen molar-refractivity contribution in [1.82, 2.24) is 4.72 Å². The summed E-state index contributed by atoms with van der Waals surface area (Å²) in [6.07, 6.45) is 0.637. The lowest BCUT2D eigenvalue weighted by Gasteiger charge is -2.51. The number of methoxy groups -OCH3 is 1. The average Bonchev–Trinajstić information content (AvgIpc) is 2.74. The first-order valence-corrected chi connectivity index (χ1v) is 11.9. The zero-order chi connectivity index (χ0) is 22.6. The number of hydrogen-bond acceptors (Lipinski definition) is 6. The molecule has 1 aliphatic rings. The molecule has 31 heavy (non-hydrogen) atoms. The molecule has 0 amide bonds. The first-order chi connectivity index (χ1) is 14.7. The van der Waals surface area contributed by atoms with Crippen molar-refractivity contribution in [3.8, 4) is 5.75 Å². The quantitative estimate of drug-likeness (QED) is 0.494. The molecule has 2 aromatic carbocycles. The van der Waals surface area contributed by atoms with Crippen LogP contribution >= 0.6 is 11.6 Å². The summed E-state index contributed by atoms with van der Waals surface area (Å²) in [5.41, 5.74) is 1.12. The van der Waals surface area contributed by atoms with E-state index < -0.39 is 10.0 Å². The molecule has 2 atom stereocenters. The van der Waals surface area contributed by atoms with Gasteiger partial charge in [0.25, 0.3) is 0 Å². The van der Waals surface area contributed by atoms with Crippen LogP contribution < -0.4 is 14.8 Å². The molecular formula is C22H29ClN2O5S. The van der Waals surface area contributed by atoms with Crippen molar-refractivity contribution in [2.75, 3.05) is 25.6 Å². The highest BCUT2D eigenvalue weighted by atomic mass is 35.5. The molecule has 1 saturated carbocycles. The molecule has 0 spiro atoms. The lowest BCUT2D eigenvalue weighted by atomic mass is 9.65. The minimum absolute atomic E-state index is 0.0153. The summed E-state index contributed by atoms with van der Waals surface area (Å²) in [7, 11) is -2.15. The van der Waals surface area contributed by atoms with Crippen LogP contribution in [0.4, 0.5) is 5.69 Å². The molecule has 0 bridgehead atoms. The van der Waals surface area contributed by atoms with Gasteiger partial charge < -0.3 is 19.9 Å². The van der Waals surface area contributed by atoms with Gasteiger partial charge in [0.15, 0.2) is 0 Å². The molecule has 1 aliphatic carbocycles. The molecule has 0 aromatic heterocycles. The highest BCUT2D eigenvalue weighted by Crippen LogP contribution is 2.43. The van der Waals surface area contributed by atoms with E-state index in [2.05, 4.69) is 10.0 Å². The van der Waals surface area contributed by atoms with Gasteiger partial charge in [-0.15, -0.1) is 0 Å². The minimum Gasteiger partial charge on any atom is -0.491 e. The third-order valence-corrected chi connectivity index (χ3v) is 7.51. The zero-order valence-corrected chi connectivity index (χ0v) is 19.5. The molecule has 0 aliphatic heterocycles. The number of benzene rings is 2. The number of aliphatic hydroxyl groups is 1. The van der Waals surface area contributed by atoms with Crippen LogP contribution in [0.15, 0.2) is 47.4 Å². The number of hydrogen-bond donors (Lipinski definition) is 3. The van der Waals surface area contributed by atoms with Crippen molar-refractivity contribution in [2.24, 2.45) is 5.41 Å². The van der Waals surface area contributed by atoms with Crippen LogP contribution in [0.1, 0.15) is 25.8 Å². The van der Waals surface area contributed by atoms with E-state index >= 15 is 0 Å². The molecule has 2 aromatic rings. The van der Waals surface area contributed by atoms with Gasteiger partial charge in [0.2, 0.25) is 10.0 Å². The molecule has 0 heterocycles. The third kappa shape index (κ3) is 5.51. The summed E-state index contributed by atoms with van der Waals surface area (Å²) in [5, 5.41) is 12.4. The smallest absolute Gasteiger partial charge is 0.242 e. The number of halogens is 1.